The summed E-state index contributed by atoms with van der Waals surface area (Å²) in [6.07, 6.45) is 1.55. The summed E-state index contributed by atoms with van der Waals surface area (Å²) in [6, 6.07) is 15.3. The van der Waals surface area contributed by atoms with Crippen molar-refractivity contribution >= 4 is 6.09 Å². The van der Waals surface area contributed by atoms with Crippen molar-refractivity contribution in [1.29, 1.82) is 0 Å². The van der Waals surface area contributed by atoms with Crippen LogP contribution in [0.15, 0.2) is 48.5 Å². The molecule has 0 fully saturated rings. The van der Waals surface area contributed by atoms with Gasteiger partial charge in [0.1, 0.15) is 5.75 Å². The summed E-state index contributed by atoms with van der Waals surface area (Å²) in [5, 5.41) is 25.7. The van der Waals surface area contributed by atoms with E-state index in [9.17, 15) is 9.90 Å². The number of carbonyl (C=O) groups is 1. The summed E-state index contributed by atoms with van der Waals surface area (Å²) in [6.45, 7) is 0.305. The van der Waals surface area contributed by atoms with Crippen LogP contribution < -0.4 is 15.4 Å². The molecule has 4 N–H and O–H groups in total. The summed E-state index contributed by atoms with van der Waals surface area (Å²) in [7, 11) is 1.66. The standard InChI is InChI=1S/C22H28N2O4/c1-28-17-11-10-16-8-5-9-19(18(16)13-17)23-14-21(25)20(24-22(26)27)12-15-6-3-2-4-7-15/h2-4,6-7,10-11,13,19-21,23-25H,5,8-9,12,14H2,1H3,(H,26,27)/t19?,20-,21+/m0/s1. The van der Waals surface area contributed by atoms with E-state index in [-0.39, 0.29) is 6.04 Å². The van der Waals surface area contributed by atoms with Crippen molar-refractivity contribution < 1.29 is 19.7 Å². The van der Waals surface area contributed by atoms with Crippen LogP contribution in [0.1, 0.15) is 35.6 Å². The molecule has 2 aromatic rings. The van der Waals surface area contributed by atoms with Crippen LogP contribution in [0, 0.1) is 0 Å². The topological polar surface area (TPSA) is 90.8 Å². The van der Waals surface area contributed by atoms with Gasteiger partial charge in [-0.15, -0.1) is 0 Å². The van der Waals surface area contributed by atoms with Crippen molar-refractivity contribution in [2.75, 3.05) is 13.7 Å². The van der Waals surface area contributed by atoms with Gasteiger partial charge >= 0.3 is 6.09 Å². The second-order valence-corrected chi connectivity index (χ2v) is 7.23. The van der Waals surface area contributed by atoms with E-state index in [1.54, 1.807) is 7.11 Å². The number of nitrogens with one attached hydrogen (secondary N) is 2. The minimum atomic E-state index is -1.13. The fraction of sp³-hybridized carbons (Fsp3) is 0.409. The number of hydrogen-bond acceptors (Lipinski definition) is 4. The molecule has 1 aliphatic rings. The van der Waals surface area contributed by atoms with Crippen molar-refractivity contribution in [2.45, 2.75) is 43.9 Å². The number of methoxy groups -OCH3 is 1. The lowest BCUT2D eigenvalue weighted by Gasteiger charge is -2.30. The van der Waals surface area contributed by atoms with Gasteiger partial charge in [-0.25, -0.2) is 4.79 Å². The molecule has 0 heterocycles. The van der Waals surface area contributed by atoms with E-state index < -0.39 is 18.2 Å². The Morgan fingerprint density at radius 3 is 2.75 bits per heavy atom. The predicted molar refractivity (Wildman–Crippen MR) is 108 cm³/mol. The summed E-state index contributed by atoms with van der Waals surface area (Å²) in [4.78, 5) is 11.2. The van der Waals surface area contributed by atoms with E-state index >= 15 is 0 Å². The summed E-state index contributed by atoms with van der Waals surface area (Å²) >= 11 is 0. The van der Waals surface area contributed by atoms with Gasteiger partial charge in [-0.3, -0.25) is 0 Å². The molecule has 3 rings (SSSR count). The van der Waals surface area contributed by atoms with Crippen LogP contribution in [-0.2, 0) is 12.8 Å². The molecule has 3 atom stereocenters. The Labute approximate surface area is 165 Å². The average Bonchev–Trinajstić information content (AvgIpc) is 2.71. The van der Waals surface area contributed by atoms with Crippen LogP contribution >= 0.6 is 0 Å². The number of rotatable bonds is 8. The molecule has 6 nitrogen and oxygen atoms in total. The molecule has 0 radical (unpaired) electrons. The first-order valence-corrected chi connectivity index (χ1v) is 9.68. The van der Waals surface area contributed by atoms with Crippen LogP contribution in [0.3, 0.4) is 0 Å². The number of hydrogen-bond donors (Lipinski definition) is 4. The Morgan fingerprint density at radius 2 is 2.04 bits per heavy atom. The van der Waals surface area contributed by atoms with Crippen LogP contribution in [0.25, 0.3) is 0 Å². The van der Waals surface area contributed by atoms with E-state index in [0.29, 0.717) is 13.0 Å². The first-order valence-electron chi connectivity index (χ1n) is 9.68. The Bertz CT molecular complexity index is 781. The quantitative estimate of drug-likeness (QED) is 0.562. The van der Waals surface area contributed by atoms with Crippen LogP contribution in [0.2, 0.25) is 0 Å². The van der Waals surface area contributed by atoms with Gasteiger partial charge in [0.05, 0.1) is 19.3 Å². The van der Waals surface area contributed by atoms with Gasteiger partial charge < -0.3 is 25.6 Å². The van der Waals surface area contributed by atoms with Crippen molar-refractivity contribution in [3.63, 3.8) is 0 Å². The molecule has 28 heavy (non-hydrogen) atoms. The van der Waals surface area contributed by atoms with E-state index in [0.717, 1.165) is 30.6 Å². The van der Waals surface area contributed by atoms with Crippen LogP contribution in [0.4, 0.5) is 4.79 Å². The smallest absolute Gasteiger partial charge is 0.404 e. The number of fused-ring (bicyclic) bond motifs is 1. The number of amides is 1. The van der Waals surface area contributed by atoms with Gasteiger partial charge in [-0.2, -0.15) is 0 Å². The van der Waals surface area contributed by atoms with E-state index in [2.05, 4.69) is 22.8 Å². The number of aryl methyl sites for hydroxylation is 1. The highest BCUT2D eigenvalue weighted by atomic mass is 16.5. The molecule has 0 saturated heterocycles. The molecular formula is C22H28N2O4. The highest BCUT2D eigenvalue weighted by Gasteiger charge is 2.25. The Kier molecular flexibility index (Phi) is 6.90. The van der Waals surface area contributed by atoms with Gasteiger partial charge in [-0.05, 0) is 54.5 Å². The fourth-order valence-corrected chi connectivity index (χ4v) is 3.83. The number of ether oxygens (including phenoxy) is 1. The minimum absolute atomic E-state index is 0.121. The number of aliphatic hydroxyl groups excluding tert-OH is 1. The molecule has 1 amide bonds. The molecule has 0 aliphatic heterocycles. The highest BCUT2D eigenvalue weighted by molar-refractivity contribution is 5.65. The Morgan fingerprint density at radius 1 is 1.25 bits per heavy atom. The number of aliphatic hydroxyl groups is 1. The number of carboxylic acid groups (broad SMARTS) is 1. The lowest BCUT2D eigenvalue weighted by atomic mass is 9.87. The molecular weight excluding hydrogens is 356 g/mol. The summed E-state index contributed by atoms with van der Waals surface area (Å²) < 4.78 is 5.35. The van der Waals surface area contributed by atoms with Gasteiger partial charge in [0.25, 0.3) is 0 Å². The molecule has 6 heteroatoms. The molecule has 0 saturated carbocycles. The summed E-state index contributed by atoms with van der Waals surface area (Å²) in [5.41, 5.74) is 3.47. The molecule has 150 valence electrons. The second-order valence-electron chi connectivity index (χ2n) is 7.23. The Hall–Kier alpha value is -2.57. The van der Waals surface area contributed by atoms with Crippen molar-refractivity contribution in [2.24, 2.45) is 0 Å². The normalized spacial score (nSPS) is 18.0. The zero-order chi connectivity index (χ0) is 19.9. The zero-order valence-corrected chi connectivity index (χ0v) is 16.1. The first-order chi connectivity index (χ1) is 13.6. The molecule has 1 aliphatic carbocycles. The maximum absolute atomic E-state index is 11.2. The highest BCUT2D eigenvalue weighted by Crippen LogP contribution is 2.32. The summed E-state index contributed by atoms with van der Waals surface area (Å²) in [5.74, 6) is 0.822. The third-order valence-electron chi connectivity index (χ3n) is 5.31. The van der Waals surface area contributed by atoms with Crippen LogP contribution in [0.5, 0.6) is 5.75 Å². The van der Waals surface area contributed by atoms with Gasteiger partial charge in [0.15, 0.2) is 0 Å². The molecule has 2 aromatic carbocycles. The average molecular weight is 384 g/mol. The lowest BCUT2D eigenvalue weighted by molar-refractivity contribution is 0.114. The van der Waals surface area contributed by atoms with E-state index in [4.69, 9.17) is 9.84 Å². The first kappa shape index (κ1) is 20.2. The largest absolute Gasteiger partial charge is 0.497 e. The van der Waals surface area contributed by atoms with Gasteiger partial charge in [-0.1, -0.05) is 36.4 Å². The predicted octanol–water partition coefficient (Wildman–Crippen LogP) is 2.90. The van der Waals surface area contributed by atoms with Gasteiger partial charge in [0, 0.05) is 12.6 Å². The van der Waals surface area contributed by atoms with E-state index in [1.807, 2.05) is 36.4 Å². The van der Waals surface area contributed by atoms with Crippen LogP contribution in [-0.4, -0.2) is 42.1 Å². The molecule has 0 spiro atoms. The zero-order valence-electron chi connectivity index (χ0n) is 16.1. The second kappa shape index (κ2) is 9.57. The molecule has 0 bridgehead atoms. The number of benzene rings is 2. The SMILES string of the molecule is COc1ccc2c(c1)C(NC[C@@H](O)[C@H](Cc1ccccc1)NC(=O)O)CCC2. The maximum atomic E-state index is 11.2. The Balaban J connectivity index is 1.66. The lowest BCUT2D eigenvalue weighted by Crippen LogP contribution is -2.48. The van der Waals surface area contributed by atoms with Crippen molar-refractivity contribution in [3.05, 3.63) is 65.2 Å². The van der Waals surface area contributed by atoms with Crippen molar-refractivity contribution in [1.82, 2.24) is 10.6 Å². The van der Waals surface area contributed by atoms with Gasteiger partial charge in [0.2, 0.25) is 0 Å². The van der Waals surface area contributed by atoms with Crippen molar-refractivity contribution in [3.8, 4) is 5.75 Å². The maximum Gasteiger partial charge on any atom is 0.404 e. The fourth-order valence-electron chi connectivity index (χ4n) is 3.83. The molecule has 0 aromatic heterocycles. The monoisotopic (exact) mass is 384 g/mol. The molecule has 1 unspecified atom stereocenters. The third kappa shape index (κ3) is 5.24. The third-order valence-corrected chi connectivity index (χ3v) is 5.31. The minimum Gasteiger partial charge on any atom is -0.497 e. The van der Waals surface area contributed by atoms with E-state index in [1.165, 1.54) is 11.1 Å².